The highest BCUT2D eigenvalue weighted by atomic mass is 32.2. The summed E-state index contributed by atoms with van der Waals surface area (Å²) in [5.41, 5.74) is 1.64. The molecule has 0 fully saturated rings. The van der Waals surface area contributed by atoms with E-state index in [2.05, 4.69) is 0 Å². The van der Waals surface area contributed by atoms with Crippen molar-refractivity contribution in [2.75, 3.05) is 12.4 Å². The molecular formula is C11H16O4S. The molecule has 0 aliphatic carbocycles. The normalized spacial score (nSPS) is 13.7. The summed E-state index contributed by atoms with van der Waals surface area (Å²) in [7, 11) is -3.38. The lowest BCUT2D eigenvalue weighted by Crippen LogP contribution is -2.25. The van der Waals surface area contributed by atoms with Crippen molar-refractivity contribution in [3.63, 3.8) is 0 Å². The maximum absolute atomic E-state index is 11.7. The van der Waals surface area contributed by atoms with Crippen LogP contribution < -0.4 is 0 Å². The van der Waals surface area contributed by atoms with Gasteiger partial charge in [-0.2, -0.15) is 0 Å². The summed E-state index contributed by atoms with van der Waals surface area (Å²) < 4.78 is 23.3. The monoisotopic (exact) mass is 244 g/mol. The SMILES string of the molecule is Cc1ccccc1CS(=O)(=O)CC(O)CO. The van der Waals surface area contributed by atoms with Gasteiger partial charge in [0.2, 0.25) is 0 Å². The second kappa shape index (κ2) is 5.43. The molecule has 1 aromatic rings. The van der Waals surface area contributed by atoms with Gasteiger partial charge >= 0.3 is 0 Å². The maximum atomic E-state index is 11.7. The predicted molar refractivity (Wildman–Crippen MR) is 61.8 cm³/mol. The van der Waals surface area contributed by atoms with Crippen LogP contribution in [0.15, 0.2) is 24.3 Å². The molecule has 0 saturated heterocycles. The zero-order valence-corrected chi connectivity index (χ0v) is 9.94. The molecular weight excluding hydrogens is 228 g/mol. The summed E-state index contributed by atoms with van der Waals surface area (Å²) in [4.78, 5) is 0. The van der Waals surface area contributed by atoms with Crippen molar-refractivity contribution in [1.29, 1.82) is 0 Å². The Balaban J connectivity index is 2.77. The third kappa shape index (κ3) is 3.92. The van der Waals surface area contributed by atoms with Gasteiger partial charge in [0.15, 0.2) is 9.84 Å². The molecule has 0 spiro atoms. The third-order valence-electron chi connectivity index (χ3n) is 2.29. The zero-order chi connectivity index (χ0) is 12.2. The predicted octanol–water partition coefficient (Wildman–Crippen LogP) is 0.263. The molecule has 4 nitrogen and oxygen atoms in total. The van der Waals surface area contributed by atoms with E-state index in [1.54, 1.807) is 12.1 Å². The van der Waals surface area contributed by atoms with Crippen molar-refractivity contribution in [3.8, 4) is 0 Å². The Labute approximate surface area is 95.5 Å². The minimum atomic E-state index is -3.38. The van der Waals surface area contributed by atoms with Crippen LogP contribution in [0.4, 0.5) is 0 Å². The van der Waals surface area contributed by atoms with Crippen LogP contribution in [0.5, 0.6) is 0 Å². The van der Waals surface area contributed by atoms with Gasteiger partial charge in [-0.15, -0.1) is 0 Å². The minimum Gasteiger partial charge on any atom is -0.394 e. The lowest BCUT2D eigenvalue weighted by molar-refractivity contribution is 0.112. The molecule has 16 heavy (non-hydrogen) atoms. The molecule has 0 heterocycles. The number of rotatable bonds is 5. The molecule has 0 radical (unpaired) electrons. The van der Waals surface area contributed by atoms with Crippen LogP contribution >= 0.6 is 0 Å². The fourth-order valence-corrected chi connectivity index (χ4v) is 3.02. The van der Waals surface area contributed by atoms with E-state index in [0.717, 1.165) is 11.1 Å². The molecule has 1 aromatic carbocycles. The molecule has 0 amide bonds. The van der Waals surface area contributed by atoms with E-state index in [1.807, 2.05) is 19.1 Å². The standard InChI is InChI=1S/C11H16O4S/c1-9-4-2-3-5-10(9)7-16(14,15)8-11(13)6-12/h2-5,11-13H,6-8H2,1H3. The third-order valence-corrected chi connectivity index (χ3v) is 3.94. The average Bonchev–Trinajstić information content (AvgIpc) is 2.20. The highest BCUT2D eigenvalue weighted by Gasteiger charge is 2.17. The Bertz CT molecular complexity index is 439. The molecule has 0 saturated carbocycles. The molecule has 0 aromatic heterocycles. The summed E-state index contributed by atoms with van der Waals surface area (Å²) >= 11 is 0. The van der Waals surface area contributed by atoms with Crippen LogP contribution in [0, 0.1) is 6.92 Å². The zero-order valence-electron chi connectivity index (χ0n) is 9.13. The van der Waals surface area contributed by atoms with Crippen molar-refractivity contribution in [2.24, 2.45) is 0 Å². The maximum Gasteiger partial charge on any atom is 0.157 e. The number of hydrogen-bond donors (Lipinski definition) is 2. The van der Waals surface area contributed by atoms with Gasteiger partial charge in [0.25, 0.3) is 0 Å². The van der Waals surface area contributed by atoms with Gasteiger partial charge in [-0.1, -0.05) is 24.3 Å². The molecule has 0 aliphatic rings. The second-order valence-electron chi connectivity index (χ2n) is 3.82. The molecule has 0 aliphatic heterocycles. The average molecular weight is 244 g/mol. The number of benzene rings is 1. The highest BCUT2D eigenvalue weighted by molar-refractivity contribution is 7.90. The number of aliphatic hydroxyl groups is 2. The number of hydrogen-bond acceptors (Lipinski definition) is 4. The van der Waals surface area contributed by atoms with Gasteiger partial charge in [-0.05, 0) is 18.1 Å². The summed E-state index contributed by atoms with van der Waals surface area (Å²) in [5.74, 6) is -0.505. The van der Waals surface area contributed by atoms with Crippen molar-refractivity contribution in [2.45, 2.75) is 18.8 Å². The molecule has 0 bridgehead atoms. The van der Waals surface area contributed by atoms with Crippen molar-refractivity contribution in [3.05, 3.63) is 35.4 Å². The van der Waals surface area contributed by atoms with Crippen LogP contribution in [0.25, 0.3) is 0 Å². The molecule has 90 valence electrons. The van der Waals surface area contributed by atoms with E-state index in [4.69, 9.17) is 10.2 Å². The van der Waals surface area contributed by atoms with Crippen LogP contribution in [0.2, 0.25) is 0 Å². The van der Waals surface area contributed by atoms with E-state index in [0.29, 0.717) is 0 Å². The van der Waals surface area contributed by atoms with E-state index in [-0.39, 0.29) is 5.75 Å². The Kier molecular flexibility index (Phi) is 4.46. The molecule has 1 rings (SSSR count). The Morgan fingerprint density at radius 2 is 1.94 bits per heavy atom. The first-order chi connectivity index (χ1) is 7.44. The lowest BCUT2D eigenvalue weighted by Gasteiger charge is -2.09. The van der Waals surface area contributed by atoms with E-state index in [1.165, 1.54) is 0 Å². The molecule has 5 heteroatoms. The quantitative estimate of drug-likeness (QED) is 0.779. The summed E-state index contributed by atoms with van der Waals surface area (Å²) in [6.45, 7) is 1.31. The van der Waals surface area contributed by atoms with Gasteiger partial charge < -0.3 is 10.2 Å². The fraction of sp³-hybridized carbons (Fsp3) is 0.455. The van der Waals surface area contributed by atoms with E-state index >= 15 is 0 Å². The van der Waals surface area contributed by atoms with Crippen LogP contribution in [-0.4, -0.2) is 37.1 Å². The van der Waals surface area contributed by atoms with Gasteiger partial charge in [-0.3, -0.25) is 0 Å². The first kappa shape index (κ1) is 13.2. The van der Waals surface area contributed by atoms with Crippen LogP contribution in [-0.2, 0) is 15.6 Å². The van der Waals surface area contributed by atoms with Gasteiger partial charge in [0.1, 0.15) is 0 Å². The molecule has 1 unspecified atom stereocenters. The van der Waals surface area contributed by atoms with Crippen molar-refractivity contribution < 1.29 is 18.6 Å². The van der Waals surface area contributed by atoms with E-state index in [9.17, 15) is 8.42 Å². The topological polar surface area (TPSA) is 74.6 Å². The smallest absolute Gasteiger partial charge is 0.157 e. The Morgan fingerprint density at radius 1 is 1.31 bits per heavy atom. The van der Waals surface area contributed by atoms with Crippen LogP contribution in [0.1, 0.15) is 11.1 Å². The number of aryl methyl sites for hydroxylation is 1. The van der Waals surface area contributed by atoms with Crippen molar-refractivity contribution in [1.82, 2.24) is 0 Å². The lowest BCUT2D eigenvalue weighted by atomic mass is 10.1. The molecule has 2 N–H and O–H groups in total. The first-order valence-electron chi connectivity index (χ1n) is 4.98. The first-order valence-corrected chi connectivity index (χ1v) is 6.80. The summed E-state index contributed by atoms with van der Waals surface area (Å²) in [6.07, 6.45) is -1.20. The fourth-order valence-electron chi connectivity index (χ4n) is 1.41. The van der Waals surface area contributed by atoms with Crippen LogP contribution in [0.3, 0.4) is 0 Å². The summed E-state index contributed by atoms with van der Waals surface area (Å²) in [5, 5.41) is 17.7. The number of sulfone groups is 1. The Hall–Kier alpha value is -0.910. The second-order valence-corrected chi connectivity index (χ2v) is 5.93. The highest BCUT2D eigenvalue weighted by Crippen LogP contribution is 2.12. The van der Waals surface area contributed by atoms with Gasteiger partial charge in [0.05, 0.1) is 24.2 Å². The summed E-state index contributed by atoms with van der Waals surface area (Å²) in [6, 6.07) is 7.21. The Morgan fingerprint density at radius 3 is 2.50 bits per heavy atom. The number of aliphatic hydroxyl groups excluding tert-OH is 2. The van der Waals surface area contributed by atoms with Crippen molar-refractivity contribution >= 4 is 9.84 Å². The van der Waals surface area contributed by atoms with Gasteiger partial charge in [0, 0.05) is 0 Å². The minimum absolute atomic E-state index is 0.100. The van der Waals surface area contributed by atoms with E-state index < -0.39 is 28.3 Å². The largest absolute Gasteiger partial charge is 0.394 e. The molecule has 1 atom stereocenters. The van der Waals surface area contributed by atoms with Gasteiger partial charge in [-0.25, -0.2) is 8.42 Å².